The van der Waals surface area contributed by atoms with Crippen molar-refractivity contribution in [2.24, 2.45) is 11.8 Å². The molecule has 1 aliphatic heterocycles. The highest BCUT2D eigenvalue weighted by molar-refractivity contribution is 5.75. The number of anilines is 1. The number of carbonyl (C=O) groups is 1. The van der Waals surface area contributed by atoms with Gasteiger partial charge in [0.15, 0.2) is 11.5 Å². The van der Waals surface area contributed by atoms with E-state index < -0.39 is 0 Å². The van der Waals surface area contributed by atoms with Crippen molar-refractivity contribution >= 4 is 11.7 Å². The molecule has 1 saturated heterocycles. The van der Waals surface area contributed by atoms with Gasteiger partial charge in [0.25, 0.3) is 0 Å². The van der Waals surface area contributed by atoms with E-state index in [4.69, 9.17) is 14.2 Å². The van der Waals surface area contributed by atoms with Crippen molar-refractivity contribution < 1.29 is 19.0 Å². The summed E-state index contributed by atoms with van der Waals surface area (Å²) in [6, 6.07) is 14.2. The van der Waals surface area contributed by atoms with Crippen molar-refractivity contribution in [3.63, 3.8) is 0 Å². The standard InChI is InChI=1S/C22H27NO4/c1-23(2)18-7-5-6-15(11-18)12-19-17(14-27-22(19)24)10-16-8-9-20(25-3)21(13-16)26-4/h5-9,11,13,17,19H,10,12,14H2,1-4H3. The highest BCUT2D eigenvalue weighted by Crippen LogP contribution is 2.33. The van der Waals surface area contributed by atoms with Crippen LogP contribution in [0.25, 0.3) is 0 Å². The lowest BCUT2D eigenvalue weighted by Crippen LogP contribution is -2.21. The second kappa shape index (κ2) is 8.33. The van der Waals surface area contributed by atoms with Crippen molar-refractivity contribution in [1.29, 1.82) is 0 Å². The van der Waals surface area contributed by atoms with Crippen LogP contribution >= 0.6 is 0 Å². The first-order valence-electron chi connectivity index (χ1n) is 9.15. The summed E-state index contributed by atoms with van der Waals surface area (Å²) in [5.74, 6) is 1.33. The first-order chi connectivity index (χ1) is 13.0. The quantitative estimate of drug-likeness (QED) is 0.701. The number of rotatable bonds is 7. The Kier molecular flexibility index (Phi) is 5.89. The average Bonchev–Trinajstić information content (AvgIpc) is 3.01. The van der Waals surface area contributed by atoms with Gasteiger partial charge in [0.1, 0.15) is 0 Å². The summed E-state index contributed by atoms with van der Waals surface area (Å²) in [7, 11) is 7.29. The molecular weight excluding hydrogens is 342 g/mol. The molecular formula is C22H27NO4. The molecule has 0 aliphatic carbocycles. The Balaban J connectivity index is 1.76. The third kappa shape index (κ3) is 4.35. The Labute approximate surface area is 160 Å². The van der Waals surface area contributed by atoms with Gasteiger partial charge in [0.2, 0.25) is 0 Å². The van der Waals surface area contributed by atoms with Gasteiger partial charge in [-0.15, -0.1) is 0 Å². The van der Waals surface area contributed by atoms with Gasteiger partial charge in [-0.05, 0) is 48.2 Å². The van der Waals surface area contributed by atoms with Crippen LogP contribution in [0.4, 0.5) is 5.69 Å². The van der Waals surface area contributed by atoms with Gasteiger partial charge in [-0.3, -0.25) is 4.79 Å². The second-order valence-corrected chi connectivity index (χ2v) is 7.16. The summed E-state index contributed by atoms with van der Waals surface area (Å²) in [6.07, 6.45) is 1.46. The minimum atomic E-state index is -0.129. The molecule has 1 heterocycles. The van der Waals surface area contributed by atoms with Crippen molar-refractivity contribution in [3.8, 4) is 11.5 Å². The van der Waals surface area contributed by atoms with Crippen LogP contribution in [0.2, 0.25) is 0 Å². The Morgan fingerprint density at radius 2 is 1.74 bits per heavy atom. The van der Waals surface area contributed by atoms with Gasteiger partial charge in [-0.25, -0.2) is 0 Å². The predicted molar refractivity (Wildman–Crippen MR) is 106 cm³/mol. The molecule has 2 unspecified atom stereocenters. The number of hydrogen-bond acceptors (Lipinski definition) is 5. The Morgan fingerprint density at radius 1 is 1.00 bits per heavy atom. The van der Waals surface area contributed by atoms with Crippen molar-refractivity contribution in [2.75, 3.05) is 39.8 Å². The number of carbonyl (C=O) groups excluding carboxylic acids is 1. The van der Waals surface area contributed by atoms with Gasteiger partial charge in [-0.2, -0.15) is 0 Å². The number of methoxy groups -OCH3 is 2. The molecule has 5 heteroatoms. The molecule has 1 aliphatic rings. The van der Waals surface area contributed by atoms with E-state index in [0.29, 0.717) is 24.5 Å². The zero-order chi connectivity index (χ0) is 19.4. The van der Waals surface area contributed by atoms with Crippen LogP contribution in [-0.4, -0.2) is 40.9 Å². The first kappa shape index (κ1) is 19.1. The van der Waals surface area contributed by atoms with E-state index in [1.54, 1.807) is 14.2 Å². The van der Waals surface area contributed by atoms with E-state index in [9.17, 15) is 4.79 Å². The van der Waals surface area contributed by atoms with Crippen LogP contribution in [0.1, 0.15) is 11.1 Å². The predicted octanol–water partition coefficient (Wildman–Crippen LogP) is 3.34. The lowest BCUT2D eigenvalue weighted by molar-refractivity contribution is -0.141. The molecule has 0 saturated carbocycles. The molecule has 5 nitrogen and oxygen atoms in total. The largest absolute Gasteiger partial charge is 0.493 e. The Bertz CT molecular complexity index is 803. The number of esters is 1. The third-order valence-electron chi connectivity index (χ3n) is 5.14. The molecule has 0 spiro atoms. The molecule has 0 amide bonds. The van der Waals surface area contributed by atoms with Crippen LogP contribution in [0, 0.1) is 11.8 Å². The molecule has 27 heavy (non-hydrogen) atoms. The number of nitrogens with zero attached hydrogens (tertiary/aromatic N) is 1. The molecule has 2 atom stereocenters. The maximum atomic E-state index is 12.3. The van der Waals surface area contributed by atoms with Crippen LogP contribution in [-0.2, 0) is 22.4 Å². The first-order valence-corrected chi connectivity index (χ1v) is 9.15. The third-order valence-corrected chi connectivity index (χ3v) is 5.14. The molecule has 0 N–H and O–H groups in total. The number of benzene rings is 2. The van der Waals surface area contributed by atoms with Crippen molar-refractivity contribution in [2.45, 2.75) is 12.8 Å². The minimum absolute atomic E-state index is 0.101. The van der Waals surface area contributed by atoms with E-state index >= 15 is 0 Å². The monoisotopic (exact) mass is 369 g/mol. The molecule has 3 rings (SSSR count). The normalized spacial score (nSPS) is 18.9. The SMILES string of the molecule is COc1ccc(CC2COC(=O)C2Cc2cccc(N(C)C)c2)cc1OC. The molecule has 0 radical (unpaired) electrons. The zero-order valence-corrected chi connectivity index (χ0v) is 16.4. The molecule has 144 valence electrons. The topological polar surface area (TPSA) is 48.0 Å². The number of ether oxygens (including phenoxy) is 3. The second-order valence-electron chi connectivity index (χ2n) is 7.16. The fourth-order valence-electron chi connectivity index (χ4n) is 3.58. The maximum Gasteiger partial charge on any atom is 0.309 e. The fraction of sp³-hybridized carbons (Fsp3) is 0.409. The smallest absolute Gasteiger partial charge is 0.309 e. The van der Waals surface area contributed by atoms with Crippen molar-refractivity contribution in [1.82, 2.24) is 0 Å². The summed E-state index contributed by atoms with van der Waals surface area (Å²) in [5, 5.41) is 0. The maximum absolute atomic E-state index is 12.3. The Hall–Kier alpha value is -2.69. The van der Waals surface area contributed by atoms with Gasteiger partial charge in [-0.1, -0.05) is 18.2 Å². The van der Waals surface area contributed by atoms with E-state index in [0.717, 1.165) is 23.2 Å². The highest BCUT2D eigenvalue weighted by Gasteiger charge is 2.36. The van der Waals surface area contributed by atoms with Crippen LogP contribution in [0.15, 0.2) is 42.5 Å². The van der Waals surface area contributed by atoms with Crippen molar-refractivity contribution in [3.05, 3.63) is 53.6 Å². The summed E-state index contributed by atoms with van der Waals surface area (Å²) < 4.78 is 16.1. The number of hydrogen-bond donors (Lipinski definition) is 0. The Morgan fingerprint density at radius 3 is 2.44 bits per heavy atom. The van der Waals surface area contributed by atoms with Crippen LogP contribution in [0.5, 0.6) is 11.5 Å². The van der Waals surface area contributed by atoms with Gasteiger partial charge in [0, 0.05) is 25.7 Å². The molecule has 1 fully saturated rings. The van der Waals surface area contributed by atoms with E-state index in [2.05, 4.69) is 23.1 Å². The number of cyclic esters (lactones) is 1. The van der Waals surface area contributed by atoms with Crippen LogP contribution < -0.4 is 14.4 Å². The minimum Gasteiger partial charge on any atom is -0.493 e. The lowest BCUT2D eigenvalue weighted by atomic mass is 9.85. The van der Waals surface area contributed by atoms with E-state index in [1.165, 1.54) is 0 Å². The average molecular weight is 369 g/mol. The molecule has 0 bridgehead atoms. The fourth-order valence-corrected chi connectivity index (χ4v) is 3.58. The highest BCUT2D eigenvalue weighted by atomic mass is 16.5. The summed E-state index contributed by atoms with van der Waals surface area (Å²) in [4.78, 5) is 14.4. The van der Waals surface area contributed by atoms with Crippen LogP contribution in [0.3, 0.4) is 0 Å². The molecule has 0 aromatic heterocycles. The molecule has 2 aromatic carbocycles. The zero-order valence-electron chi connectivity index (χ0n) is 16.4. The lowest BCUT2D eigenvalue weighted by Gasteiger charge is -2.18. The molecule has 2 aromatic rings. The summed E-state index contributed by atoms with van der Waals surface area (Å²) >= 11 is 0. The summed E-state index contributed by atoms with van der Waals surface area (Å²) in [6.45, 7) is 0.464. The van der Waals surface area contributed by atoms with Gasteiger partial charge >= 0.3 is 5.97 Å². The summed E-state index contributed by atoms with van der Waals surface area (Å²) in [5.41, 5.74) is 3.40. The van der Waals surface area contributed by atoms with E-state index in [1.807, 2.05) is 38.4 Å². The van der Waals surface area contributed by atoms with Gasteiger partial charge < -0.3 is 19.1 Å². The van der Waals surface area contributed by atoms with E-state index in [-0.39, 0.29) is 17.8 Å². The van der Waals surface area contributed by atoms with Gasteiger partial charge in [0.05, 0.1) is 26.7 Å².